The molecule has 2 aliphatic heterocycles. The summed E-state index contributed by atoms with van der Waals surface area (Å²) < 4.78 is 13.2. The number of carbonyl (C=O) groups excluding carboxylic acids is 2. The van der Waals surface area contributed by atoms with E-state index in [2.05, 4.69) is 15.4 Å². The average Bonchev–Trinajstić information content (AvgIpc) is 3.64. The lowest BCUT2D eigenvalue weighted by molar-refractivity contribution is -0.143. The number of ketones is 1. The van der Waals surface area contributed by atoms with Crippen LogP contribution in [-0.2, 0) is 16.0 Å². The summed E-state index contributed by atoms with van der Waals surface area (Å²) in [6, 6.07) is 7.67. The van der Waals surface area contributed by atoms with E-state index in [1.165, 1.54) is 32.1 Å². The monoisotopic (exact) mass is 508 g/mol. The molecule has 1 aromatic carbocycles. The number of halogens is 1. The van der Waals surface area contributed by atoms with E-state index in [4.69, 9.17) is 0 Å². The van der Waals surface area contributed by atoms with Gasteiger partial charge in [0, 0.05) is 18.9 Å². The number of alkyl halides is 1. The summed E-state index contributed by atoms with van der Waals surface area (Å²) in [7, 11) is 0. The number of amides is 1. The molecule has 0 spiro atoms. The molecule has 0 unspecified atom stereocenters. The standard InChI is InChI=1S/C30H41FN4O2/c1-20(18-31)22-11-13-25(14-12-22)30(37)35-16-15-26(23-5-3-2-4-6-23)29(35)28(36)17-21-7-9-24(10-8-21)27-19-32-34-33-27/h7-10,20,22-23,25-26,29H,2-6,11-19H2,1H3/t20-,22?,25?,26+,29+/m1/s1. The van der Waals surface area contributed by atoms with Crippen LogP contribution >= 0.6 is 0 Å². The molecule has 1 aromatic rings. The van der Waals surface area contributed by atoms with Crippen LogP contribution in [0.25, 0.3) is 0 Å². The fourth-order valence-electron chi connectivity index (χ4n) is 7.31. The Labute approximate surface area is 220 Å². The topological polar surface area (TPSA) is 74.5 Å². The van der Waals surface area contributed by atoms with Gasteiger partial charge < -0.3 is 4.90 Å². The first-order valence-corrected chi connectivity index (χ1v) is 14.5. The summed E-state index contributed by atoms with van der Waals surface area (Å²) in [5, 5.41) is 11.7. The number of hydrogen-bond acceptors (Lipinski definition) is 5. The highest BCUT2D eigenvalue weighted by atomic mass is 19.1. The number of benzene rings is 1. The lowest BCUT2D eigenvalue weighted by Crippen LogP contribution is -2.48. The van der Waals surface area contributed by atoms with Crippen molar-refractivity contribution >= 4 is 17.4 Å². The van der Waals surface area contributed by atoms with Crippen molar-refractivity contribution in [1.82, 2.24) is 4.90 Å². The van der Waals surface area contributed by atoms with Crippen molar-refractivity contribution in [1.29, 1.82) is 0 Å². The molecule has 1 amide bonds. The van der Waals surface area contributed by atoms with E-state index in [-0.39, 0.29) is 42.2 Å². The summed E-state index contributed by atoms with van der Waals surface area (Å²) in [5.41, 5.74) is 2.80. The Balaban J connectivity index is 1.29. The molecule has 0 radical (unpaired) electrons. The second-order valence-corrected chi connectivity index (χ2v) is 11.8. The number of hydrogen-bond donors (Lipinski definition) is 0. The summed E-state index contributed by atoms with van der Waals surface area (Å²) >= 11 is 0. The Hall–Kier alpha value is -2.44. The molecule has 7 heteroatoms. The molecule has 5 rings (SSSR count). The first-order valence-electron chi connectivity index (χ1n) is 14.5. The van der Waals surface area contributed by atoms with E-state index >= 15 is 0 Å². The molecule has 37 heavy (non-hydrogen) atoms. The van der Waals surface area contributed by atoms with E-state index in [1.807, 2.05) is 36.1 Å². The smallest absolute Gasteiger partial charge is 0.226 e. The number of likely N-dealkylation sites (tertiary alicyclic amines) is 1. The maximum absolute atomic E-state index is 13.9. The van der Waals surface area contributed by atoms with Crippen LogP contribution in [0, 0.1) is 29.6 Å². The van der Waals surface area contributed by atoms with Gasteiger partial charge in [-0.25, -0.2) is 0 Å². The van der Waals surface area contributed by atoms with E-state index in [0.717, 1.165) is 48.9 Å². The molecule has 2 saturated carbocycles. The van der Waals surface area contributed by atoms with Gasteiger partial charge in [-0.15, -0.1) is 5.10 Å². The fraction of sp³-hybridized carbons (Fsp3) is 0.700. The zero-order valence-corrected chi connectivity index (χ0v) is 22.2. The van der Waals surface area contributed by atoms with Crippen molar-refractivity contribution in [3.8, 4) is 0 Å². The summed E-state index contributed by atoms with van der Waals surface area (Å²) in [6.45, 7) is 2.89. The first kappa shape index (κ1) is 26.2. The lowest BCUT2D eigenvalue weighted by Gasteiger charge is -2.37. The van der Waals surface area contributed by atoms with Crippen molar-refractivity contribution in [2.24, 2.45) is 45.0 Å². The largest absolute Gasteiger partial charge is 0.332 e. The zero-order valence-electron chi connectivity index (χ0n) is 22.2. The van der Waals surface area contributed by atoms with Crippen LogP contribution in [-0.4, -0.2) is 48.1 Å². The van der Waals surface area contributed by atoms with Gasteiger partial charge >= 0.3 is 0 Å². The van der Waals surface area contributed by atoms with Crippen molar-refractivity contribution in [2.45, 2.75) is 83.6 Å². The fourth-order valence-corrected chi connectivity index (χ4v) is 7.31. The van der Waals surface area contributed by atoms with Crippen LogP contribution in [0.1, 0.15) is 82.3 Å². The molecule has 3 fully saturated rings. The minimum Gasteiger partial charge on any atom is -0.332 e. The van der Waals surface area contributed by atoms with E-state index in [9.17, 15) is 14.0 Å². The predicted molar refractivity (Wildman–Crippen MR) is 142 cm³/mol. The molecule has 3 atom stereocenters. The Morgan fingerprint density at radius 2 is 1.73 bits per heavy atom. The van der Waals surface area contributed by atoms with Crippen LogP contribution in [0.3, 0.4) is 0 Å². The molecular formula is C30H41FN4O2. The van der Waals surface area contributed by atoms with E-state index < -0.39 is 0 Å². The Bertz CT molecular complexity index is 1010. The van der Waals surface area contributed by atoms with E-state index in [1.54, 1.807) is 0 Å². The molecular weight excluding hydrogens is 467 g/mol. The number of carbonyl (C=O) groups is 2. The highest BCUT2D eigenvalue weighted by Gasteiger charge is 2.46. The van der Waals surface area contributed by atoms with Crippen molar-refractivity contribution < 1.29 is 14.0 Å². The van der Waals surface area contributed by atoms with Gasteiger partial charge in [-0.2, -0.15) is 5.11 Å². The van der Waals surface area contributed by atoms with Crippen molar-refractivity contribution in [2.75, 3.05) is 19.8 Å². The maximum Gasteiger partial charge on any atom is 0.226 e. The normalized spacial score (nSPS) is 29.4. The summed E-state index contributed by atoms with van der Waals surface area (Å²) in [6.07, 6.45) is 10.9. The molecule has 2 heterocycles. The molecule has 0 bridgehead atoms. The zero-order chi connectivity index (χ0) is 25.8. The van der Waals surface area contributed by atoms with Gasteiger partial charge in [0.1, 0.15) is 6.54 Å². The van der Waals surface area contributed by atoms with Gasteiger partial charge in [-0.1, -0.05) is 63.3 Å². The molecule has 4 aliphatic rings. The Morgan fingerprint density at radius 3 is 2.38 bits per heavy atom. The third kappa shape index (κ3) is 5.85. The Kier molecular flexibility index (Phi) is 8.46. The minimum atomic E-state index is -0.311. The van der Waals surface area contributed by atoms with Gasteiger partial charge in [0.25, 0.3) is 0 Å². The molecule has 0 N–H and O–H groups in total. The predicted octanol–water partition coefficient (Wildman–Crippen LogP) is 6.18. The quantitative estimate of drug-likeness (QED) is 0.421. The van der Waals surface area contributed by atoms with Gasteiger partial charge in [0.15, 0.2) is 5.78 Å². The number of nitrogens with zero attached hydrogens (tertiary/aromatic N) is 4. The summed E-state index contributed by atoms with van der Waals surface area (Å²) in [4.78, 5) is 29.7. The first-order chi connectivity index (χ1) is 18.0. The van der Waals surface area contributed by atoms with E-state index in [0.29, 0.717) is 31.3 Å². The highest BCUT2D eigenvalue weighted by Crippen LogP contribution is 2.42. The third-order valence-electron chi connectivity index (χ3n) is 9.60. The molecule has 6 nitrogen and oxygen atoms in total. The maximum atomic E-state index is 13.9. The van der Waals surface area contributed by atoms with Gasteiger partial charge in [-0.05, 0) is 72.1 Å². The van der Waals surface area contributed by atoms with Crippen molar-refractivity contribution in [3.05, 3.63) is 35.4 Å². The Morgan fingerprint density at radius 1 is 1.00 bits per heavy atom. The number of Topliss-reactive ketones (excluding diaryl/α,β-unsaturated/α-hetero) is 1. The second kappa shape index (κ2) is 12.0. The summed E-state index contributed by atoms with van der Waals surface area (Å²) in [5.74, 6) is 1.59. The average molecular weight is 509 g/mol. The second-order valence-electron chi connectivity index (χ2n) is 11.8. The lowest BCUT2D eigenvalue weighted by atomic mass is 9.74. The molecule has 2 aliphatic carbocycles. The van der Waals surface area contributed by atoms with Crippen LogP contribution in [0.4, 0.5) is 4.39 Å². The van der Waals surface area contributed by atoms with Crippen LogP contribution in [0.2, 0.25) is 0 Å². The minimum absolute atomic E-state index is 0.0224. The van der Waals surface area contributed by atoms with Gasteiger partial charge in [-0.3, -0.25) is 14.0 Å². The highest BCUT2D eigenvalue weighted by molar-refractivity contribution is 6.02. The third-order valence-corrected chi connectivity index (χ3v) is 9.60. The van der Waals surface area contributed by atoms with Gasteiger partial charge in [0.05, 0.1) is 18.4 Å². The molecule has 200 valence electrons. The number of rotatable bonds is 8. The molecule has 1 saturated heterocycles. The SMILES string of the molecule is C[C@H](CF)C1CCC(C(=O)N2CC[C@@H](C3CCCCC3)[C@H]2C(=O)Cc2ccc(C3=NN=NC3)cc2)CC1. The van der Waals surface area contributed by atoms with Crippen LogP contribution < -0.4 is 0 Å². The van der Waals surface area contributed by atoms with Crippen LogP contribution in [0.5, 0.6) is 0 Å². The van der Waals surface area contributed by atoms with Crippen LogP contribution in [0.15, 0.2) is 39.7 Å². The van der Waals surface area contributed by atoms with Crippen molar-refractivity contribution in [3.63, 3.8) is 0 Å². The molecule has 0 aromatic heterocycles. The van der Waals surface area contributed by atoms with Gasteiger partial charge in [0.2, 0.25) is 5.91 Å².